The number of rotatable bonds is 2. The molecule has 0 amide bonds. The molecular formula is C12H13ClN2. The third-order valence-electron chi connectivity index (χ3n) is 2.54. The van der Waals surface area contributed by atoms with E-state index in [1.165, 1.54) is 17.5 Å². The highest BCUT2D eigenvalue weighted by atomic mass is 35.5. The number of hydrogen-bond acceptors (Lipinski definition) is 2. The van der Waals surface area contributed by atoms with Crippen LogP contribution in [0.4, 0.5) is 0 Å². The van der Waals surface area contributed by atoms with Gasteiger partial charge in [-0.05, 0) is 30.4 Å². The molecule has 78 valence electrons. The quantitative estimate of drug-likeness (QED) is 0.712. The molecule has 3 heteroatoms. The van der Waals surface area contributed by atoms with E-state index < -0.39 is 0 Å². The predicted molar refractivity (Wildman–Crippen MR) is 62.6 cm³/mol. The van der Waals surface area contributed by atoms with Gasteiger partial charge in [0.25, 0.3) is 0 Å². The summed E-state index contributed by atoms with van der Waals surface area (Å²) in [7, 11) is 0. The van der Waals surface area contributed by atoms with Crippen LogP contribution < -0.4 is 0 Å². The summed E-state index contributed by atoms with van der Waals surface area (Å²) < 4.78 is 0. The topological polar surface area (TPSA) is 25.8 Å². The number of nitrogens with zero attached hydrogens (tertiary/aromatic N) is 2. The highest BCUT2D eigenvalue weighted by Gasteiger charge is 2.11. The van der Waals surface area contributed by atoms with Gasteiger partial charge < -0.3 is 0 Å². The number of halogens is 1. The van der Waals surface area contributed by atoms with Gasteiger partial charge in [-0.3, -0.25) is 0 Å². The normalized spacial score (nSPS) is 15.9. The van der Waals surface area contributed by atoms with Crippen molar-refractivity contribution < 1.29 is 0 Å². The van der Waals surface area contributed by atoms with E-state index in [1.54, 1.807) is 0 Å². The van der Waals surface area contributed by atoms with Crippen molar-refractivity contribution in [3.05, 3.63) is 41.0 Å². The second-order valence-corrected chi connectivity index (χ2v) is 3.89. The van der Waals surface area contributed by atoms with Gasteiger partial charge >= 0.3 is 0 Å². The lowest BCUT2D eigenvalue weighted by atomic mass is 9.93. The molecule has 0 radical (unpaired) electrons. The van der Waals surface area contributed by atoms with E-state index in [-0.39, 0.29) is 0 Å². The molecule has 1 aliphatic rings. The summed E-state index contributed by atoms with van der Waals surface area (Å²) in [5.74, 6) is 0. The first-order valence-electron chi connectivity index (χ1n) is 5.18. The van der Waals surface area contributed by atoms with Crippen LogP contribution in [0.15, 0.2) is 30.1 Å². The first kappa shape index (κ1) is 10.4. The molecule has 0 N–H and O–H groups in total. The molecule has 0 saturated carbocycles. The zero-order valence-corrected chi connectivity index (χ0v) is 9.46. The van der Waals surface area contributed by atoms with Crippen LogP contribution in [-0.4, -0.2) is 9.97 Å². The second-order valence-electron chi connectivity index (χ2n) is 3.50. The van der Waals surface area contributed by atoms with Gasteiger partial charge in [-0.15, -0.1) is 0 Å². The highest BCUT2D eigenvalue weighted by molar-refractivity contribution is 6.29. The Morgan fingerprint density at radius 1 is 1.27 bits per heavy atom. The molecule has 0 aromatic carbocycles. The summed E-state index contributed by atoms with van der Waals surface area (Å²) in [5.41, 5.74) is 3.51. The first-order valence-corrected chi connectivity index (χ1v) is 5.56. The first-order chi connectivity index (χ1) is 7.31. The van der Waals surface area contributed by atoms with Crippen molar-refractivity contribution in [1.29, 1.82) is 0 Å². The Kier molecular flexibility index (Phi) is 3.17. The molecule has 1 aliphatic carbocycles. The maximum Gasteiger partial charge on any atom is 0.133 e. The summed E-state index contributed by atoms with van der Waals surface area (Å²) >= 11 is 5.86. The molecule has 0 aliphatic heterocycles. The zero-order valence-electron chi connectivity index (χ0n) is 8.70. The second kappa shape index (κ2) is 4.58. The minimum absolute atomic E-state index is 0.502. The minimum Gasteiger partial charge on any atom is -0.236 e. The number of hydrogen-bond donors (Lipinski definition) is 0. The van der Waals surface area contributed by atoms with Crippen molar-refractivity contribution >= 4 is 17.2 Å². The lowest BCUT2D eigenvalue weighted by molar-refractivity contribution is 0.984. The molecule has 15 heavy (non-hydrogen) atoms. The van der Waals surface area contributed by atoms with Crippen LogP contribution in [0.5, 0.6) is 0 Å². The molecule has 0 unspecified atom stereocenters. The third-order valence-corrected chi connectivity index (χ3v) is 2.75. The third kappa shape index (κ3) is 2.26. The Balaban J connectivity index is 2.38. The maximum absolute atomic E-state index is 5.86. The largest absolute Gasteiger partial charge is 0.236 e. The molecule has 1 heterocycles. The summed E-state index contributed by atoms with van der Waals surface area (Å²) in [6, 6.07) is 1.82. The SMILES string of the molecule is CCC1=CCCC=C1c1cc(Cl)ncn1. The van der Waals surface area contributed by atoms with Crippen LogP contribution in [-0.2, 0) is 0 Å². The molecule has 0 spiro atoms. The average molecular weight is 221 g/mol. The molecule has 2 nitrogen and oxygen atoms in total. The molecule has 0 saturated heterocycles. The molecule has 1 aromatic rings. The van der Waals surface area contributed by atoms with Crippen LogP contribution in [0.25, 0.3) is 5.57 Å². The van der Waals surface area contributed by atoms with Gasteiger partial charge in [0.1, 0.15) is 11.5 Å². The van der Waals surface area contributed by atoms with Crippen LogP contribution in [0, 0.1) is 0 Å². The number of aromatic nitrogens is 2. The van der Waals surface area contributed by atoms with Gasteiger partial charge in [0.2, 0.25) is 0 Å². The Hall–Kier alpha value is -1.15. The van der Waals surface area contributed by atoms with E-state index in [2.05, 4.69) is 29.0 Å². The van der Waals surface area contributed by atoms with Gasteiger partial charge in [-0.25, -0.2) is 9.97 Å². The van der Waals surface area contributed by atoms with E-state index in [0.717, 1.165) is 25.0 Å². The minimum atomic E-state index is 0.502. The van der Waals surface area contributed by atoms with Crippen molar-refractivity contribution in [3.63, 3.8) is 0 Å². The fourth-order valence-corrected chi connectivity index (χ4v) is 1.96. The van der Waals surface area contributed by atoms with Crippen LogP contribution in [0.2, 0.25) is 5.15 Å². The summed E-state index contributed by atoms with van der Waals surface area (Å²) in [6.07, 6.45) is 9.28. The molecular weight excluding hydrogens is 208 g/mol. The number of allylic oxidation sites excluding steroid dienone is 4. The molecule has 2 rings (SSSR count). The van der Waals surface area contributed by atoms with E-state index in [1.807, 2.05) is 6.07 Å². The molecule has 0 fully saturated rings. The fraction of sp³-hybridized carbons (Fsp3) is 0.333. The van der Waals surface area contributed by atoms with Gasteiger partial charge in [0, 0.05) is 6.07 Å². The van der Waals surface area contributed by atoms with Gasteiger partial charge in [-0.1, -0.05) is 30.7 Å². The molecule has 0 atom stereocenters. The van der Waals surface area contributed by atoms with E-state index >= 15 is 0 Å². The van der Waals surface area contributed by atoms with Gasteiger partial charge in [0.05, 0.1) is 5.69 Å². The van der Waals surface area contributed by atoms with Crippen LogP contribution in [0.3, 0.4) is 0 Å². The monoisotopic (exact) mass is 220 g/mol. The summed E-state index contributed by atoms with van der Waals surface area (Å²) in [5, 5.41) is 0.502. The van der Waals surface area contributed by atoms with E-state index in [0.29, 0.717) is 5.15 Å². The van der Waals surface area contributed by atoms with Crippen molar-refractivity contribution in [2.45, 2.75) is 26.2 Å². The van der Waals surface area contributed by atoms with Crippen LogP contribution >= 0.6 is 11.6 Å². The standard InChI is InChI=1S/C12H13ClN2/c1-2-9-5-3-4-6-10(9)11-7-12(13)15-8-14-11/h5-8H,2-4H2,1H3. The smallest absolute Gasteiger partial charge is 0.133 e. The molecule has 1 aromatic heterocycles. The zero-order chi connectivity index (χ0) is 10.7. The molecule has 0 bridgehead atoms. The van der Waals surface area contributed by atoms with E-state index in [4.69, 9.17) is 11.6 Å². The van der Waals surface area contributed by atoms with Crippen molar-refractivity contribution in [2.75, 3.05) is 0 Å². The Morgan fingerprint density at radius 2 is 2.07 bits per heavy atom. The lowest BCUT2D eigenvalue weighted by Crippen LogP contribution is -1.97. The average Bonchev–Trinajstić information content (AvgIpc) is 2.29. The van der Waals surface area contributed by atoms with Crippen molar-refractivity contribution in [3.8, 4) is 0 Å². The Labute approximate surface area is 94.7 Å². The summed E-state index contributed by atoms with van der Waals surface area (Å²) in [4.78, 5) is 8.15. The van der Waals surface area contributed by atoms with Gasteiger partial charge in [0.15, 0.2) is 0 Å². The Morgan fingerprint density at radius 3 is 2.80 bits per heavy atom. The van der Waals surface area contributed by atoms with Crippen LogP contribution in [0.1, 0.15) is 31.9 Å². The van der Waals surface area contributed by atoms with Crippen molar-refractivity contribution in [1.82, 2.24) is 9.97 Å². The van der Waals surface area contributed by atoms with E-state index in [9.17, 15) is 0 Å². The fourth-order valence-electron chi connectivity index (χ4n) is 1.81. The van der Waals surface area contributed by atoms with Gasteiger partial charge in [-0.2, -0.15) is 0 Å². The highest BCUT2D eigenvalue weighted by Crippen LogP contribution is 2.29. The maximum atomic E-state index is 5.86. The summed E-state index contributed by atoms with van der Waals surface area (Å²) in [6.45, 7) is 2.16. The van der Waals surface area contributed by atoms with Crippen molar-refractivity contribution in [2.24, 2.45) is 0 Å². The Bertz CT molecular complexity index is 421. The predicted octanol–water partition coefficient (Wildman–Crippen LogP) is 3.64. The lowest BCUT2D eigenvalue weighted by Gasteiger charge is -2.14.